The van der Waals surface area contributed by atoms with Crippen LogP contribution in [-0.4, -0.2) is 32.4 Å². The zero-order chi connectivity index (χ0) is 19.1. The van der Waals surface area contributed by atoms with Crippen molar-refractivity contribution in [2.75, 3.05) is 11.4 Å². The number of benzene rings is 2. The van der Waals surface area contributed by atoms with Gasteiger partial charge in [-0.3, -0.25) is 4.90 Å². The minimum Gasteiger partial charge on any atom is -0.289 e. The van der Waals surface area contributed by atoms with Crippen LogP contribution in [0.25, 0.3) is 5.69 Å². The molecule has 1 aliphatic rings. The fourth-order valence-corrected chi connectivity index (χ4v) is 3.11. The van der Waals surface area contributed by atoms with E-state index in [4.69, 9.17) is 0 Å². The molecule has 0 spiro atoms. The maximum atomic E-state index is 14.3. The van der Waals surface area contributed by atoms with E-state index in [0.717, 1.165) is 23.1 Å². The molecule has 0 N–H and O–H groups in total. The van der Waals surface area contributed by atoms with E-state index in [-0.39, 0.29) is 12.2 Å². The predicted molar refractivity (Wildman–Crippen MR) is 88.4 cm³/mol. The van der Waals surface area contributed by atoms with Gasteiger partial charge in [-0.2, -0.15) is 4.68 Å². The Hall–Kier alpha value is -3.43. The summed E-state index contributed by atoms with van der Waals surface area (Å²) in [7, 11) is 0. The van der Waals surface area contributed by atoms with Crippen molar-refractivity contribution >= 4 is 11.7 Å². The topological polar surface area (TPSA) is 73.0 Å². The number of hydrogen-bond acceptors (Lipinski definition) is 4. The monoisotopic (exact) mass is 375 g/mol. The Kier molecular flexibility index (Phi) is 4.02. The number of amides is 1. The highest BCUT2D eigenvalue weighted by molar-refractivity contribution is 5.94. The molecule has 1 aromatic heterocycles. The smallest absolute Gasteiger partial charge is 0.289 e. The summed E-state index contributed by atoms with van der Waals surface area (Å²) in [6.45, 7) is 0.167. The number of carbonyl (C=O) groups is 1. The second kappa shape index (κ2) is 6.38. The number of halogens is 3. The summed E-state index contributed by atoms with van der Waals surface area (Å²) in [5.41, 5.74) is -1.22. The molecule has 1 aliphatic heterocycles. The Balaban J connectivity index is 1.78. The van der Waals surface area contributed by atoms with Crippen molar-refractivity contribution in [3.8, 4) is 5.69 Å². The molecule has 3 aromatic rings. The zero-order valence-corrected chi connectivity index (χ0v) is 13.8. The second-order valence-electron chi connectivity index (χ2n) is 5.94. The highest BCUT2D eigenvalue weighted by Crippen LogP contribution is 2.30. The number of carbonyl (C=O) groups excluding carboxylic acids is 1. The van der Waals surface area contributed by atoms with Gasteiger partial charge in [-0.15, -0.1) is 4.68 Å². The number of fused-ring (bicyclic) bond motifs is 1. The summed E-state index contributed by atoms with van der Waals surface area (Å²) in [6, 6.07) is 6.50. The van der Waals surface area contributed by atoms with Gasteiger partial charge in [-0.1, -0.05) is 18.2 Å². The lowest BCUT2D eigenvalue weighted by atomic mass is 10.0. The van der Waals surface area contributed by atoms with Crippen molar-refractivity contribution in [3.63, 3.8) is 0 Å². The van der Waals surface area contributed by atoms with Crippen molar-refractivity contribution in [1.82, 2.24) is 19.8 Å². The van der Waals surface area contributed by atoms with Crippen LogP contribution in [0.5, 0.6) is 0 Å². The van der Waals surface area contributed by atoms with Gasteiger partial charge in [0.05, 0.1) is 5.69 Å². The summed E-state index contributed by atoms with van der Waals surface area (Å²) in [6.07, 6.45) is 1.14. The Morgan fingerprint density at radius 3 is 2.26 bits per heavy atom. The molecular formula is C17H12F3N5O2. The molecule has 0 aliphatic carbocycles. The summed E-state index contributed by atoms with van der Waals surface area (Å²) in [4.78, 5) is 26.3. The van der Waals surface area contributed by atoms with Crippen molar-refractivity contribution < 1.29 is 18.0 Å². The molecule has 27 heavy (non-hydrogen) atoms. The molecule has 2 heterocycles. The first-order valence-electron chi connectivity index (χ1n) is 8.07. The molecule has 7 nitrogen and oxygen atoms in total. The first-order chi connectivity index (χ1) is 13.0. The van der Waals surface area contributed by atoms with Crippen molar-refractivity contribution in [2.24, 2.45) is 0 Å². The third-order valence-corrected chi connectivity index (χ3v) is 4.31. The zero-order valence-electron chi connectivity index (χ0n) is 13.8. The first kappa shape index (κ1) is 17.0. The van der Waals surface area contributed by atoms with Crippen LogP contribution < -0.4 is 10.6 Å². The van der Waals surface area contributed by atoms with Gasteiger partial charge >= 0.3 is 11.7 Å². The predicted octanol–water partition coefficient (Wildman–Crippen LogP) is 2.27. The van der Waals surface area contributed by atoms with Crippen molar-refractivity contribution in [1.29, 1.82) is 0 Å². The second-order valence-corrected chi connectivity index (χ2v) is 5.94. The highest BCUT2D eigenvalue weighted by atomic mass is 19.1. The number of aryl methyl sites for hydroxylation is 1. The van der Waals surface area contributed by atoms with E-state index in [0.29, 0.717) is 27.8 Å². The third kappa shape index (κ3) is 2.69. The first-order valence-corrected chi connectivity index (χ1v) is 8.07. The maximum absolute atomic E-state index is 14.3. The van der Waals surface area contributed by atoms with E-state index in [1.54, 1.807) is 6.07 Å². The number of hydrogen-bond donors (Lipinski definition) is 0. The van der Waals surface area contributed by atoms with Crippen LogP contribution >= 0.6 is 0 Å². The van der Waals surface area contributed by atoms with Crippen LogP contribution in [0.1, 0.15) is 12.0 Å². The van der Waals surface area contributed by atoms with E-state index in [1.165, 1.54) is 12.1 Å². The molecule has 0 unspecified atom stereocenters. The van der Waals surface area contributed by atoms with E-state index >= 15 is 0 Å². The Morgan fingerprint density at radius 1 is 0.926 bits per heavy atom. The molecule has 1 amide bonds. The lowest BCUT2D eigenvalue weighted by Crippen LogP contribution is -2.44. The molecule has 0 bridgehead atoms. The van der Waals surface area contributed by atoms with Gasteiger partial charge in [0.1, 0.15) is 11.5 Å². The summed E-state index contributed by atoms with van der Waals surface area (Å²) in [5.74, 6) is -2.68. The summed E-state index contributed by atoms with van der Waals surface area (Å²) < 4.78 is 42.8. The van der Waals surface area contributed by atoms with Gasteiger partial charge in [0, 0.05) is 6.54 Å². The largest absolute Gasteiger partial charge is 0.377 e. The summed E-state index contributed by atoms with van der Waals surface area (Å²) >= 11 is 0. The SMILES string of the molecule is O=C(N1CCCc2cccc(F)c21)n1nnn(-c2c(F)cccc2F)c1=O. The fourth-order valence-electron chi connectivity index (χ4n) is 3.11. The minimum atomic E-state index is -1.16. The number of aromatic nitrogens is 4. The van der Waals surface area contributed by atoms with Crippen molar-refractivity contribution in [2.45, 2.75) is 12.8 Å². The molecule has 2 aromatic carbocycles. The normalized spacial score (nSPS) is 13.5. The number of para-hydroxylation sites is 2. The number of tetrazole rings is 1. The van der Waals surface area contributed by atoms with Crippen LogP contribution in [0, 0.1) is 17.5 Å². The Labute approximate surface area is 150 Å². The molecular weight excluding hydrogens is 363 g/mol. The van der Waals surface area contributed by atoms with E-state index in [9.17, 15) is 22.8 Å². The Bertz CT molecular complexity index is 1090. The van der Waals surface area contributed by atoms with Crippen LogP contribution in [0.3, 0.4) is 0 Å². The average Bonchev–Trinajstić information content (AvgIpc) is 3.02. The quantitative estimate of drug-likeness (QED) is 0.612. The minimum absolute atomic E-state index is 0.0623. The number of anilines is 1. The van der Waals surface area contributed by atoms with Gasteiger partial charge in [-0.25, -0.2) is 22.8 Å². The van der Waals surface area contributed by atoms with Crippen molar-refractivity contribution in [3.05, 3.63) is 69.9 Å². The molecule has 4 rings (SSSR count). The number of nitrogens with zero attached hydrogens (tertiary/aromatic N) is 5. The van der Waals surface area contributed by atoms with Crippen LogP contribution in [0.4, 0.5) is 23.7 Å². The highest BCUT2D eigenvalue weighted by Gasteiger charge is 2.30. The third-order valence-electron chi connectivity index (χ3n) is 4.31. The summed E-state index contributed by atoms with van der Waals surface area (Å²) in [5, 5.41) is 6.82. The molecule has 138 valence electrons. The molecule has 0 saturated heterocycles. The number of rotatable bonds is 1. The van der Waals surface area contributed by atoms with Crippen LogP contribution in [-0.2, 0) is 6.42 Å². The Morgan fingerprint density at radius 2 is 1.56 bits per heavy atom. The van der Waals surface area contributed by atoms with Gasteiger partial charge in [0.15, 0.2) is 11.6 Å². The van der Waals surface area contributed by atoms with E-state index in [2.05, 4.69) is 10.4 Å². The standard InChI is InChI=1S/C17H12F3N5O2/c18-11-6-1-4-10-5-3-9-23(14(10)11)16(26)25-17(27)24(21-22-25)15-12(19)7-2-8-13(15)20/h1-2,4,6-8H,3,5,9H2. The van der Waals surface area contributed by atoms with Gasteiger partial charge < -0.3 is 0 Å². The fraction of sp³-hybridized carbons (Fsp3) is 0.176. The molecule has 0 radical (unpaired) electrons. The van der Waals surface area contributed by atoms with Gasteiger partial charge in [-0.05, 0) is 47.0 Å². The lowest BCUT2D eigenvalue weighted by Gasteiger charge is -2.28. The molecule has 0 saturated carbocycles. The molecule has 0 fully saturated rings. The van der Waals surface area contributed by atoms with Crippen LogP contribution in [0.2, 0.25) is 0 Å². The van der Waals surface area contributed by atoms with Gasteiger partial charge in [0.25, 0.3) is 0 Å². The van der Waals surface area contributed by atoms with E-state index in [1.807, 2.05) is 0 Å². The maximum Gasteiger partial charge on any atom is 0.377 e. The van der Waals surface area contributed by atoms with Gasteiger partial charge in [0.2, 0.25) is 0 Å². The van der Waals surface area contributed by atoms with Crippen LogP contribution in [0.15, 0.2) is 41.2 Å². The molecule has 0 atom stereocenters. The average molecular weight is 375 g/mol. The lowest BCUT2D eigenvalue weighted by molar-refractivity contribution is 0.243. The van der Waals surface area contributed by atoms with E-state index < -0.39 is 34.9 Å². The molecule has 10 heteroatoms.